The summed E-state index contributed by atoms with van der Waals surface area (Å²) < 4.78 is 14.2. The van der Waals surface area contributed by atoms with Gasteiger partial charge < -0.3 is 0 Å². The molecule has 0 aliphatic heterocycles. The largest absolute Gasteiger partial charge is 0.232 e. The molecule has 2 nitrogen and oxygen atoms in total. The van der Waals surface area contributed by atoms with E-state index in [1.807, 2.05) is 0 Å². The average molecular weight is 411 g/mol. The number of benzene rings is 1. The highest BCUT2D eigenvalue weighted by molar-refractivity contribution is 14.1. The summed E-state index contributed by atoms with van der Waals surface area (Å²) in [5.74, 6) is -0.0203. The lowest BCUT2D eigenvalue weighted by Crippen LogP contribution is -2.01. The van der Waals surface area contributed by atoms with Crippen molar-refractivity contribution in [1.82, 2.24) is 9.97 Å². The number of aromatic nitrogens is 2. The number of hydrogen-bond acceptors (Lipinski definition) is 2. The summed E-state index contributed by atoms with van der Waals surface area (Å²) in [6.07, 6.45) is 1.75. The number of halogens is 4. The van der Waals surface area contributed by atoms with Crippen molar-refractivity contribution in [1.29, 1.82) is 0 Å². The topological polar surface area (TPSA) is 25.8 Å². The Labute approximate surface area is 134 Å². The highest BCUT2D eigenvalue weighted by Gasteiger charge is 2.12. The van der Waals surface area contributed by atoms with Gasteiger partial charge in [-0.2, -0.15) is 0 Å². The van der Waals surface area contributed by atoms with Crippen molar-refractivity contribution in [3.8, 4) is 11.4 Å². The molecule has 0 aliphatic carbocycles. The minimum Gasteiger partial charge on any atom is -0.232 e. The molecule has 100 valence electrons. The molecular weight excluding hydrogens is 401 g/mol. The van der Waals surface area contributed by atoms with Crippen LogP contribution < -0.4 is 0 Å². The van der Waals surface area contributed by atoms with Gasteiger partial charge in [-0.3, -0.25) is 0 Å². The molecule has 2 rings (SSSR count). The van der Waals surface area contributed by atoms with Crippen molar-refractivity contribution >= 4 is 45.8 Å². The Morgan fingerprint density at radius 2 is 1.95 bits per heavy atom. The van der Waals surface area contributed by atoms with Gasteiger partial charge >= 0.3 is 0 Å². The second-order valence-electron chi connectivity index (χ2n) is 4.01. The van der Waals surface area contributed by atoms with Crippen molar-refractivity contribution in [3.63, 3.8) is 0 Å². The summed E-state index contributed by atoms with van der Waals surface area (Å²) in [6.45, 7) is 2.06. The lowest BCUT2D eigenvalue weighted by Gasteiger charge is -2.08. The monoisotopic (exact) mass is 410 g/mol. The quantitative estimate of drug-likeness (QED) is 0.516. The molecule has 0 atom stereocenters. The predicted octanol–water partition coefficient (Wildman–Crippen LogP) is 5.15. The highest BCUT2D eigenvalue weighted by atomic mass is 127. The Bertz CT molecular complexity index is 600. The van der Waals surface area contributed by atoms with Gasteiger partial charge in [-0.1, -0.05) is 36.5 Å². The van der Waals surface area contributed by atoms with Crippen LogP contribution in [0.5, 0.6) is 0 Å². The zero-order valence-corrected chi connectivity index (χ0v) is 13.7. The molecule has 0 radical (unpaired) electrons. The molecule has 2 aromatic rings. The van der Waals surface area contributed by atoms with Crippen molar-refractivity contribution in [2.45, 2.75) is 19.8 Å². The van der Waals surface area contributed by atoms with E-state index in [-0.39, 0.29) is 0 Å². The maximum atomic E-state index is 13.4. The van der Waals surface area contributed by atoms with Crippen LogP contribution in [0.15, 0.2) is 18.2 Å². The second-order valence-corrected chi connectivity index (χ2v) is 5.88. The zero-order chi connectivity index (χ0) is 14.0. The first-order valence-electron chi connectivity index (χ1n) is 5.69. The third kappa shape index (κ3) is 3.55. The molecule has 1 heterocycles. The maximum absolute atomic E-state index is 13.4. The minimum absolute atomic E-state index is 0.310. The predicted molar refractivity (Wildman–Crippen MR) is 84.2 cm³/mol. The van der Waals surface area contributed by atoms with E-state index in [1.165, 1.54) is 12.1 Å². The van der Waals surface area contributed by atoms with Gasteiger partial charge in [0, 0.05) is 10.6 Å². The van der Waals surface area contributed by atoms with Crippen LogP contribution in [0.2, 0.25) is 10.2 Å². The maximum Gasteiger partial charge on any atom is 0.161 e. The van der Waals surface area contributed by atoms with Gasteiger partial charge in [0.15, 0.2) is 5.82 Å². The normalized spacial score (nSPS) is 10.8. The van der Waals surface area contributed by atoms with Gasteiger partial charge in [0.1, 0.15) is 11.0 Å². The molecular formula is C13H10Cl2FIN2. The van der Waals surface area contributed by atoms with Crippen molar-refractivity contribution in [3.05, 3.63) is 43.5 Å². The molecule has 0 aliphatic rings. The zero-order valence-electron chi connectivity index (χ0n) is 10.1. The van der Waals surface area contributed by atoms with Gasteiger partial charge in [0.05, 0.1) is 9.26 Å². The third-order valence-corrected chi connectivity index (χ3v) is 4.43. The Kier molecular flexibility index (Phi) is 4.97. The number of aryl methyl sites for hydroxylation is 1. The fourth-order valence-corrected chi connectivity index (χ4v) is 2.60. The summed E-state index contributed by atoms with van der Waals surface area (Å²) in [5.41, 5.74) is 1.40. The molecule has 19 heavy (non-hydrogen) atoms. The fourth-order valence-electron chi connectivity index (χ4n) is 1.68. The van der Waals surface area contributed by atoms with E-state index < -0.39 is 5.82 Å². The van der Waals surface area contributed by atoms with Crippen LogP contribution in [0.3, 0.4) is 0 Å². The van der Waals surface area contributed by atoms with Crippen LogP contribution in [0.1, 0.15) is 19.0 Å². The molecule has 0 N–H and O–H groups in total. The lowest BCUT2D eigenvalue weighted by atomic mass is 10.2. The Morgan fingerprint density at radius 1 is 1.21 bits per heavy atom. The number of rotatable bonds is 3. The van der Waals surface area contributed by atoms with E-state index >= 15 is 0 Å². The molecule has 1 aromatic heterocycles. The van der Waals surface area contributed by atoms with E-state index in [2.05, 4.69) is 39.5 Å². The summed E-state index contributed by atoms with van der Waals surface area (Å²) in [6, 6.07) is 4.21. The third-order valence-electron chi connectivity index (χ3n) is 2.49. The van der Waals surface area contributed by atoms with Crippen LogP contribution >= 0.6 is 45.8 Å². The van der Waals surface area contributed by atoms with Gasteiger partial charge in [-0.05, 0) is 47.2 Å². The van der Waals surface area contributed by atoms with Gasteiger partial charge in [0.25, 0.3) is 0 Å². The van der Waals surface area contributed by atoms with Crippen LogP contribution in [0.25, 0.3) is 11.4 Å². The summed E-state index contributed by atoms with van der Waals surface area (Å²) in [5, 5.41) is 0.694. The van der Waals surface area contributed by atoms with Crippen molar-refractivity contribution in [2.24, 2.45) is 0 Å². The summed E-state index contributed by atoms with van der Waals surface area (Å²) >= 11 is 14.1. The number of hydrogen-bond donors (Lipinski definition) is 0. The molecule has 0 unspecified atom stereocenters. The lowest BCUT2D eigenvalue weighted by molar-refractivity contribution is 0.628. The van der Waals surface area contributed by atoms with E-state index in [4.69, 9.17) is 23.2 Å². The Morgan fingerprint density at radius 3 is 2.58 bits per heavy atom. The molecule has 1 aromatic carbocycles. The molecule has 0 bridgehead atoms. The fraction of sp³-hybridized carbons (Fsp3) is 0.231. The molecule has 0 spiro atoms. The Balaban J connectivity index is 2.55. The molecule has 6 heteroatoms. The standard InChI is InChI=1S/C13H10Cl2FIN2/c1-2-3-10-11(17)12(15)19-13(18-10)7-4-8(14)6-9(16)5-7/h4-6H,2-3H2,1H3. The smallest absolute Gasteiger partial charge is 0.161 e. The average Bonchev–Trinajstić information content (AvgIpc) is 2.33. The van der Waals surface area contributed by atoms with Gasteiger partial charge in [0.2, 0.25) is 0 Å². The molecule has 0 fully saturated rings. The summed E-state index contributed by atoms with van der Waals surface area (Å²) in [4.78, 5) is 8.64. The first-order valence-corrected chi connectivity index (χ1v) is 7.53. The van der Waals surface area contributed by atoms with Crippen LogP contribution in [0.4, 0.5) is 4.39 Å². The summed E-state index contributed by atoms with van der Waals surface area (Å²) in [7, 11) is 0. The van der Waals surface area contributed by atoms with E-state index in [0.29, 0.717) is 21.6 Å². The second kappa shape index (κ2) is 6.33. The SMILES string of the molecule is CCCc1nc(-c2cc(F)cc(Cl)c2)nc(Cl)c1I. The molecule has 0 saturated carbocycles. The van der Waals surface area contributed by atoms with E-state index in [0.717, 1.165) is 22.1 Å². The van der Waals surface area contributed by atoms with Crippen LogP contribution in [0, 0.1) is 9.39 Å². The van der Waals surface area contributed by atoms with E-state index in [9.17, 15) is 4.39 Å². The van der Waals surface area contributed by atoms with Crippen LogP contribution in [-0.4, -0.2) is 9.97 Å². The first kappa shape index (κ1) is 14.9. The van der Waals surface area contributed by atoms with Crippen LogP contribution in [-0.2, 0) is 6.42 Å². The number of nitrogens with zero attached hydrogens (tertiary/aromatic N) is 2. The van der Waals surface area contributed by atoms with Crippen molar-refractivity contribution < 1.29 is 4.39 Å². The Hall–Kier alpha value is -0.460. The van der Waals surface area contributed by atoms with Gasteiger partial charge in [-0.15, -0.1) is 0 Å². The first-order chi connectivity index (χ1) is 9.01. The molecule has 0 amide bonds. The molecule has 0 saturated heterocycles. The minimum atomic E-state index is -0.419. The van der Waals surface area contributed by atoms with E-state index in [1.54, 1.807) is 6.07 Å². The van der Waals surface area contributed by atoms with Gasteiger partial charge in [-0.25, -0.2) is 14.4 Å². The highest BCUT2D eigenvalue weighted by Crippen LogP contribution is 2.26. The van der Waals surface area contributed by atoms with Crippen molar-refractivity contribution in [2.75, 3.05) is 0 Å².